The molecule has 6 heteroatoms. The smallest absolute Gasteiger partial charge is 0.318 e. The molecule has 0 aliphatic rings. The minimum absolute atomic E-state index is 0.0368. The van der Waals surface area contributed by atoms with Crippen LogP contribution < -0.4 is 4.90 Å². The second kappa shape index (κ2) is 4.43. The number of halogens is 1. The Kier molecular flexibility index (Phi) is 3.50. The molecule has 1 aromatic heterocycles. The summed E-state index contributed by atoms with van der Waals surface area (Å²) in [6.07, 6.45) is 0. The SMILES string of the molecule is CC(CO)N(C)c1nnc(CCl)o1. The van der Waals surface area contributed by atoms with Gasteiger partial charge in [0.2, 0.25) is 5.89 Å². The van der Waals surface area contributed by atoms with Crippen molar-refractivity contribution >= 4 is 17.6 Å². The zero-order chi connectivity index (χ0) is 9.84. The van der Waals surface area contributed by atoms with Gasteiger partial charge < -0.3 is 14.4 Å². The largest absolute Gasteiger partial charge is 0.407 e. The number of likely N-dealkylation sites (N-methyl/N-ethyl adjacent to an activating group) is 1. The van der Waals surface area contributed by atoms with Crippen molar-refractivity contribution in [3.8, 4) is 0 Å². The quantitative estimate of drug-likeness (QED) is 0.731. The number of alkyl halides is 1. The molecule has 0 bridgehead atoms. The second-order valence-corrected chi connectivity index (χ2v) is 3.02. The molecule has 13 heavy (non-hydrogen) atoms. The van der Waals surface area contributed by atoms with E-state index in [1.165, 1.54) is 0 Å². The van der Waals surface area contributed by atoms with Crippen molar-refractivity contribution in [2.75, 3.05) is 18.6 Å². The highest BCUT2D eigenvalue weighted by Gasteiger charge is 2.14. The van der Waals surface area contributed by atoms with E-state index in [0.29, 0.717) is 11.9 Å². The van der Waals surface area contributed by atoms with E-state index in [2.05, 4.69) is 10.2 Å². The summed E-state index contributed by atoms with van der Waals surface area (Å²) in [4.78, 5) is 1.70. The standard InChI is InChI=1S/C7H12ClN3O2/c1-5(4-12)11(2)7-10-9-6(3-8)13-7/h5,12H,3-4H2,1-2H3. The Morgan fingerprint density at radius 1 is 1.62 bits per heavy atom. The lowest BCUT2D eigenvalue weighted by Crippen LogP contribution is -2.31. The van der Waals surface area contributed by atoms with E-state index >= 15 is 0 Å². The van der Waals surface area contributed by atoms with Crippen LogP contribution in [-0.2, 0) is 5.88 Å². The summed E-state index contributed by atoms with van der Waals surface area (Å²) < 4.78 is 5.18. The van der Waals surface area contributed by atoms with E-state index in [1.54, 1.807) is 11.9 Å². The van der Waals surface area contributed by atoms with Gasteiger partial charge in [0, 0.05) is 7.05 Å². The summed E-state index contributed by atoms with van der Waals surface area (Å²) in [6, 6.07) is 0.320. The molecule has 1 aromatic rings. The van der Waals surface area contributed by atoms with Crippen LogP contribution in [0.4, 0.5) is 6.01 Å². The number of rotatable bonds is 4. The fourth-order valence-electron chi connectivity index (χ4n) is 0.752. The summed E-state index contributed by atoms with van der Waals surface area (Å²) in [5, 5.41) is 16.3. The van der Waals surface area contributed by atoms with Crippen molar-refractivity contribution in [3.63, 3.8) is 0 Å². The first kappa shape index (κ1) is 10.3. The minimum atomic E-state index is -0.0522. The molecule has 1 atom stereocenters. The van der Waals surface area contributed by atoms with Crippen LogP contribution in [0.3, 0.4) is 0 Å². The molecule has 1 unspecified atom stereocenters. The summed E-state index contributed by atoms with van der Waals surface area (Å²) in [6.45, 7) is 1.89. The fourth-order valence-corrected chi connectivity index (χ4v) is 0.860. The average Bonchev–Trinajstić information content (AvgIpc) is 2.63. The maximum Gasteiger partial charge on any atom is 0.318 e. The Bertz CT molecular complexity index is 266. The van der Waals surface area contributed by atoms with E-state index in [9.17, 15) is 0 Å². The summed E-state index contributed by atoms with van der Waals surface area (Å²) in [7, 11) is 1.77. The Hall–Kier alpha value is -0.810. The monoisotopic (exact) mass is 205 g/mol. The highest BCUT2D eigenvalue weighted by molar-refractivity contribution is 6.16. The third-order valence-corrected chi connectivity index (χ3v) is 2.03. The van der Waals surface area contributed by atoms with Crippen molar-refractivity contribution in [3.05, 3.63) is 5.89 Å². The summed E-state index contributed by atoms with van der Waals surface area (Å²) in [5.41, 5.74) is 0. The molecule has 0 aromatic carbocycles. The van der Waals surface area contributed by atoms with Gasteiger partial charge in [0.15, 0.2) is 0 Å². The highest BCUT2D eigenvalue weighted by atomic mass is 35.5. The molecule has 1 heterocycles. The molecule has 0 spiro atoms. The van der Waals surface area contributed by atoms with Crippen LogP contribution in [0.2, 0.25) is 0 Å². The average molecular weight is 206 g/mol. The van der Waals surface area contributed by atoms with Gasteiger partial charge in [-0.05, 0) is 6.92 Å². The second-order valence-electron chi connectivity index (χ2n) is 2.75. The van der Waals surface area contributed by atoms with Gasteiger partial charge in [-0.15, -0.1) is 16.7 Å². The van der Waals surface area contributed by atoms with Crippen LogP contribution in [0.5, 0.6) is 0 Å². The first-order valence-electron chi connectivity index (χ1n) is 3.91. The number of hydrogen-bond donors (Lipinski definition) is 1. The number of aliphatic hydroxyl groups is 1. The van der Waals surface area contributed by atoms with Crippen LogP contribution in [0, 0.1) is 0 Å². The Balaban J connectivity index is 2.70. The first-order valence-corrected chi connectivity index (χ1v) is 4.44. The Labute approximate surface area is 81.3 Å². The van der Waals surface area contributed by atoms with Gasteiger partial charge in [-0.2, -0.15) is 0 Å². The minimum Gasteiger partial charge on any atom is -0.407 e. The van der Waals surface area contributed by atoms with Crippen LogP contribution in [0.15, 0.2) is 4.42 Å². The molecule has 74 valence electrons. The lowest BCUT2D eigenvalue weighted by molar-refractivity contribution is 0.266. The van der Waals surface area contributed by atoms with Crippen LogP contribution >= 0.6 is 11.6 Å². The van der Waals surface area contributed by atoms with Gasteiger partial charge in [-0.25, -0.2) is 0 Å². The maximum absolute atomic E-state index is 8.87. The van der Waals surface area contributed by atoms with Crippen LogP contribution in [-0.4, -0.2) is 35.0 Å². The lowest BCUT2D eigenvalue weighted by Gasteiger charge is -2.19. The van der Waals surface area contributed by atoms with E-state index in [0.717, 1.165) is 0 Å². The molecule has 1 rings (SSSR count). The molecule has 0 fully saturated rings. The van der Waals surface area contributed by atoms with Gasteiger partial charge in [0.05, 0.1) is 12.6 Å². The van der Waals surface area contributed by atoms with Crippen molar-refractivity contribution in [1.82, 2.24) is 10.2 Å². The van der Waals surface area contributed by atoms with Crippen molar-refractivity contribution in [2.24, 2.45) is 0 Å². The van der Waals surface area contributed by atoms with Crippen LogP contribution in [0.1, 0.15) is 12.8 Å². The van der Waals surface area contributed by atoms with Crippen molar-refractivity contribution < 1.29 is 9.52 Å². The number of aliphatic hydroxyl groups excluding tert-OH is 1. The number of nitrogens with zero attached hydrogens (tertiary/aromatic N) is 3. The maximum atomic E-state index is 8.87. The van der Waals surface area contributed by atoms with Crippen molar-refractivity contribution in [2.45, 2.75) is 18.8 Å². The van der Waals surface area contributed by atoms with Crippen LogP contribution in [0.25, 0.3) is 0 Å². The molecular weight excluding hydrogens is 194 g/mol. The molecular formula is C7H12ClN3O2. The molecule has 1 N–H and O–H groups in total. The van der Waals surface area contributed by atoms with Gasteiger partial charge in [0.1, 0.15) is 5.88 Å². The highest BCUT2D eigenvalue weighted by Crippen LogP contribution is 2.13. The zero-order valence-corrected chi connectivity index (χ0v) is 8.32. The molecule has 5 nitrogen and oxygen atoms in total. The Morgan fingerprint density at radius 2 is 2.31 bits per heavy atom. The van der Waals surface area contributed by atoms with E-state index in [1.807, 2.05) is 6.92 Å². The summed E-state index contributed by atoms with van der Waals surface area (Å²) >= 11 is 5.49. The van der Waals surface area contributed by atoms with Gasteiger partial charge >= 0.3 is 6.01 Å². The molecule has 0 amide bonds. The first-order chi connectivity index (χ1) is 6.19. The predicted octanol–water partition coefficient (Wildman–Crippen LogP) is 0.625. The lowest BCUT2D eigenvalue weighted by atomic mass is 10.3. The number of anilines is 1. The van der Waals surface area contributed by atoms with E-state index in [4.69, 9.17) is 21.1 Å². The van der Waals surface area contributed by atoms with Gasteiger partial charge in [-0.1, -0.05) is 5.10 Å². The van der Waals surface area contributed by atoms with E-state index < -0.39 is 0 Å². The number of hydrogen-bond acceptors (Lipinski definition) is 5. The topological polar surface area (TPSA) is 62.4 Å². The number of aromatic nitrogens is 2. The molecule has 0 saturated heterocycles. The molecule has 0 radical (unpaired) electrons. The zero-order valence-electron chi connectivity index (χ0n) is 7.57. The molecule has 0 aliphatic heterocycles. The van der Waals surface area contributed by atoms with E-state index in [-0.39, 0.29) is 18.5 Å². The van der Waals surface area contributed by atoms with Crippen molar-refractivity contribution in [1.29, 1.82) is 0 Å². The Morgan fingerprint density at radius 3 is 2.77 bits per heavy atom. The third-order valence-electron chi connectivity index (χ3n) is 1.80. The van der Waals surface area contributed by atoms with Gasteiger partial charge in [0.25, 0.3) is 0 Å². The molecule has 0 aliphatic carbocycles. The molecule has 0 saturated carbocycles. The van der Waals surface area contributed by atoms with Gasteiger partial charge in [-0.3, -0.25) is 0 Å². The predicted molar refractivity (Wildman–Crippen MR) is 48.8 cm³/mol. The fraction of sp³-hybridized carbons (Fsp3) is 0.714. The normalized spacial score (nSPS) is 12.9. The summed E-state index contributed by atoms with van der Waals surface area (Å²) in [5.74, 6) is 0.586. The third kappa shape index (κ3) is 2.32.